The molecule has 0 amide bonds. The number of hydrogen-bond acceptors (Lipinski definition) is 5. The Morgan fingerprint density at radius 2 is 1.92 bits per heavy atom. The molecule has 24 heavy (non-hydrogen) atoms. The predicted molar refractivity (Wildman–Crippen MR) is 93.0 cm³/mol. The largest absolute Gasteiger partial charge is 0.463 e. The maximum absolute atomic E-state index is 6.06. The van der Waals surface area contributed by atoms with E-state index in [4.69, 9.17) is 10.5 Å². The molecule has 1 aromatic carbocycles. The lowest BCUT2D eigenvalue weighted by Crippen LogP contribution is -2.07. The molecule has 1 aliphatic heterocycles. The summed E-state index contributed by atoms with van der Waals surface area (Å²) in [5.41, 5.74) is 9.96. The summed E-state index contributed by atoms with van der Waals surface area (Å²) in [7, 11) is 0. The van der Waals surface area contributed by atoms with Gasteiger partial charge in [0.05, 0.1) is 13.2 Å². The van der Waals surface area contributed by atoms with Gasteiger partial charge in [0.25, 0.3) is 0 Å². The zero-order valence-electron chi connectivity index (χ0n) is 13.6. The molecule has 1 aliphatic rings. The summed E-state index contributed by atoms with van der Waals surface area (Å²) in [5, 5.41) is 0. The number of rotatable bonds is 0. The number of nitrogens with two attached hydrogens (primary N) is 1. The van der Waals surface area contributed by atoms with Gasteiger partial charge in [0.2, 0.25) is 0 Å². The second kappa shape index (κ2) is 5.96. The normalized spacial score (nSPS) is 15.9. The third-order valence-corrected chi connectivity index (χ3v) is 4.26. The monoisotopic (exact) mass is 321 g/mol. The van der Waals surface area contributed by atoms with Crippen LogP contribution in [-0.2, 0) is 13.0 Å². The Hall–Kier alpha value is -2.89. The van der Waals surface area contributed by atoms with Crippen molar-refractivity contribution >= 4 is 17.0 Å². The average molecular weight is 321 g/mol. The Kier molecular flexibility index (Phi) is 3.65. The number of nitrogen functional groups attached to an aromatic ring is 1. The average Bonchev–Trinajstić information content (AvgIpc) is 2.89. The lowest BCUT2D eigenvalue weighted by atomic mass is 10.0. The molecule has 0 atom stereocenters. The molecular weight excluding hydrogens is 302 g/mol. The topological polar surface area (TPSA) is 78.9 Å². The number of hydrogen-bond donors (Lipinski definition) is 1. The first-order valence-corrected chi connectivity index (χ1v) is 8.07. The van der Waals surface area contributed by atoms with Gasteiger partial charge in [0.1, 0.15) is 5.82 Å². The first-order chi connectivity index (χ1) is 11.7. The van der Waals surface area contributed by atoms with Crippen molar-refractivity contribution in [2.45, 2.75) is 26.3 Å². The van der Waals surface area contributed by atoms with Crippen molar-refractivity contribution in [2.24, 2.45) is 0 Å². The van der Waals surface area contributed by atoms with Crippen molar-refractivity contribution in [1.82, 2.24) is 19.5 Å². The molecule has 122 valence electrons. The van der Waals surface area contributed by atoms with Gasteiger partial charge in [-0.25, -0.2) is 4.98 Å². The minimum absolute atomic E-state index is 0.307. The van der Waals surface area contributed by atoms with Gasteiger partial charge in [0.15, 0.2) is 17.0 Å². The van der Waals surface area contributed by atoms with E-state index in [1.54, 1.807) is 0 Å². The maximum Gasteiger partial charge on any atom is 0.320 e. The second-order valence-electron chi connectivity index (χ2n) is 5.89. The Bertz CT molecular complexity index is 929. The molecule has 2 aromatic heterocycles. The van der Waals surface area contributed by atoms with E-state index < -0.39 is 0 Å². The van der Waals surface area contributed by atoms with E-state index in [1.807, 2.05) is 6.92 Å². The fourth-order valence-corrected chi connectivity index (χ4v) is 2.99. The number of aromatic nitrogens is 4. The molecule has 0 fully saturated rings. The summed E-state index contributed by atoms with van der Waals surface area (Å²) in [5.74, 6) is 1.22. The lowest BCUT2D eigenvalue weighted by molar-refractivity contribution is 0.300. The Labute approximate surface area is 140 Å². The highest BCUT2D eigenvalue weighted by Crippen LogP contribution is 2.24. The van der Waals surface area contributed by atoms with Gasteiger partial charge in [-0.3, -0.25) is 0 Å². The van der Waals surface area contributed by atoms with Crippen molar-refractivity contribution in [2.75, 3.05) is 12.3 Å². The van der Waals surface area contributed by atoms with Crippen LogP contribution in [0.1, 0.15) is 23.4 Å². The number of imidazole rings is 1. The van der Waals surface area contributed by atoms with E-state index in [1.165, 1.54) is 11.1 Å². The first-order valence-electron chi connectivity index (χ1n) is 8.07. The van der Waals surface area contributed by atoms with E-state index in [-0.39, 0.29) is 0 Å². The van der Waals surface area contributed by atoms with Gasteiger partial charge in [0, 0.05) is 0 Å². The minimum atomic E-state index is 0.307. The number of anilines is 1. The highest BCUT2D eigenvalue weighted by molar-refractivity contribution is 5.82. The highest BCUT2D eigenvalue weighted by atomic mass is 16.5. The zero-order valence-corrected chi connectivity index (χ0v) is 13.6. The standard InChI is InChI=1S/C18H19N5O/c1-12-20-15-16(19)21-18-22-17(15)23(12)11-14-9-5-4-8-13(14)7-3-2-6-10-24-18/h2-5,8-9H,6-7,10-11H2,1H3,(H2,19,21,22)/b3-2+. The van der Waals surface area contributed by atoms with E-state index in [2.05, 4.69) is 55.9 Å². The summed E-state index contributed by atoms with van der Waals surface area (Å²) in [6.45, 7) is 3.18. The van der Waals surface area contributed by atoms with Gasteiger partial charge in [-0.05, 0) is 30.9 Å². The van der Waals surface area contributed by atoms with Crippen LogP contribution < -0.4 is 10.5 Å². The first kappa shape index (κ1) is 14.7. The van der Waals surface area contributed by atoms with Crippen molar-refractivity contribution in [3.63, 3.8) is 0 Å². The Morgan fingerprint density at radius 3 is 2.79 bits per heavy atom. The molecule has 0 aliphatic carbocycles. The third-order valence-electron chi connectivity index (χ3n) is 4.26. The van der Waals surface area contributed by atoms with Crippen molar-refractivity contribution in [3.8, 4) is 6.01 Å². The van der Waals surface area contributed by atoms with Crippen LogP contribution in [0, 0.1) is 6.92 Å². The molecular formula is C18H19N5O. The molecule has 3 heterocycles. The minimum Gasteiger partial charge on any atom is -0.463 e. The molecule has 0 unspecified atom stereocenters. The number of ether oxygens (including phenoxy) is 1. The molecule has 2 bridgehead atoms. The molecule has 6 heteroatoms. The number of fused-ring (bicyclic) bond motifs is 2. The van der Waals surface area contributed by atoms with Crippen LogP contribution in [0.3, 0.4) is 0 Å². The van der Waals surface area contributed by atoms with Crippen LogP contribution in [-0.4, -0.2) is 26.1 Å². The number of allylic oxidation sites excluding steroid dienone is 1. The molecule has 2 N–H and O–H groups in total. The molecule has 0 saturated carbocycles. The summed E-state index contributed by atoms with van der Waals surface area (Å²) in [4.78, 5) is 13.3. The van der Waals surface area contributed by atoms with Gasteiger partial charge in [-0.1, -0.05) is 36.4 Å². The Balaban J connectivity index is 1.91. The summed E-state index contributed by atoms with van der Waals surface area (Å²) in [6.07, 6.45) is 6.02. The van der Waals surface area contributed by atoms with E-state index in [9.17, 15) is 0 Å². The predicted octanol–water partition coefficient (Wildman–Crippen LogP) is 2.65. The second-order valence-corrected chi connectivity index (χ2v) is 5.89. The molecule has 0 spiro atoms. The molecule has 0 saturated heterocycles. The van der Waals surface area contributed by atoms with Crippen molar-refractivity contribution < 1.29 is 4.74 Å². The zero-order chi connectivity index (χ0) is 16.5. The summed E-state index contributed by atoms with van der Waals surface area (Å²) < 4.78 is 7.72. The summed E-state index contributed by atoms with van der Waals surface area (Å²) in [6, 6.07) is 8.76. The fourth-order valence-electron chi connectivity index (χ4n) is 2.99. The van der Waals surface area contributed by atoms with E-state index in [0.717, 1.165) is 24.3 Å². The van der Waals surface area contributed by atoms with Crippen LogP contribution in [0.2, 0.25) is 0 Å². The quantitative estimate of drug-likeness (QED) is 0.644. The third kappa shape index (κ3) is 2.60. The van der Waals surface area contributed by atoms with Gasteiger partial charge >= 0.3 is 6.01 Å². The van der Waals surface area contributed by atoms with Crippen LogP contribution >= 0.6 is 0 Å². The number of aryl methyl sites for hydroxylation is 1. The van der Waals surface area contributed by atoms with Crippen LogP contribution in [0.15, 0.2) is 36.4 Å². The van der Waals surface area contributed by atoms with Crippen molar-refractivity contribution in [3.05, 3.63) is 53.4 Å². The van der Waals surface area contributed by atoms with E-state index in [0.29, 0.717) is 30.5 Å². The molecule has 4 rings (SSSR count). The maximum atomic E-state index is 6.06. The van der Waals surface area contributed by atoms with E-state index >= 15 is 0 Å². The molecule has 3 aromatic rings. The molecule has 6 nitrogen and oxygen atoms in total. The van der Waals surface area contributed by atoms with Gasteiger partial charge in [-0.15, -0.1) is 0 Å². The van der Waals surface area contributed by atoms with Crippen LogP contribution in [0.25, 0.3) is 11.2 Å². The smallest absolute Gasteiger partial charge is 0.320 e. The lowest BCUT2D eigenvalue weighted by Gasteiger charge is -2.11. The Morgan fingerprint density at radius 1 is 1.08 bits per heavy atom. The highest BCUT2D eigenvalue weighted by Gasteiger charge is 2.16. The molecule has 0 radical (unpaired) electrons. The number of nitrogens with zero attached hydrogens (tertiary/aromatic N) is 4. The summed E-state index contributed by atoms with van der Waals surface area (Å²) >= 11 is 0. The van der Waals surface area contributed by atoms with Gasteiger partial charge in [-0.2, -0.15) is 9.97 Å². The van der Waals surface area contributed by atoms with Crippen LogP contribution in [0.5, 0.6) is 6.01 Å². The fraction of sp³-hybridized carbons (Fsp3) is 0.278. The number of benzene rings is 1. The van der Waals surface area contributed by atoms with Crippen molar-refractivity contribution in [1.29, 1.82) is 0 Å². The SMILES string of the molecule is Cc1nc2c(N)nc3nc2n1Cc1ccccc1C/C=C/CCO3. The van der Waals surface area contributed by atoms with Crippen LogP contribution in [0.4, 0.5) is 5.82 Å². The van der Waals surface area contributed by atoms with Gasteiger partial charge < -0.3 is 15.0 Å².